The summed E-state index contributed by atoms with van der Waals surface area (Å²) >= 11 is 0. The number of anilines is 1. The number of imide groups is 1. The van der Waals surface area contributed by atoms with Gasteiger partial charge in [-0.05, 0) is 19.1 Å². The first kappa shape index (κ1) is 14.0. The van der Waals surface area contributed by atoms with Crippen LogP contribution in [0.3, 0.4) is 0 Å². The smallest absolute Gasteiger partial charge is 0.256 e. The van der Waals surface area contributed by atoms with Gasteiger partial charge in [0.15, 0.2) is 0 Å². The van der Waals surface area contributed by atoms with Crippen molar-refractivity contribution in [2.24, 2.45) is 0 Å². The number of piperazine rings is 1. The van der Waals surface area contributed by atoms with E-state index >= 15 is 0 Å². The van der Waals surface area contributed by atoms with Crippen molar-refractivity contribution in [3.63, 3.8) is 0 Å². The van der Waals surface area contributed by atoms with E-state index in [1.165, 1.54) is 11.1 Å². The van der Waals surface area contributed by atoms with E-state index in [1.807, 2.05) is 19.0 Å². The molecule has 0 spiro atoms. The van der Waals surface area contributed by atoms with Crippen molar-refractivity contribution < 1.29 is 14.4 Å². The highest BCUT2D eigenvalue weighted by molar-refractivity contribution is 6.07. The molecule has 0 aliphatic carbocycles. The Hall–Kier alpha value is -2.44. The SMILES string of the molecule is CC1C(=O)NC(=O)CN1C(=O)c1ccc(N(C)C)nc1. The molecule has 1 saturated heterocycles. The van der Waals surface area contributed by atoms with Crippen LogP contribution in [0.2, 0.25) is 0 Å². The van der Waals surface area contributed by atoms with Crippen molar-refractivity contribution in [2.45, 2.75) is 13.0 Å². The molecule has 0 radical (unpaired) electrons. The van der Waals surface area contributed by atoms with Gasteiger partial charge in [0.1, 0.15) is 18.4 Å². The van der Waals surface area contributed by atoms with Gasteiger partial charge in [0.2, 0.25) is 11.8 Å². The number of aromatic nitrogens is 1. The van der Waals surface area contributed by atoms with Crippen LogP contribution in [0.1, 0.15) is 17.3 Å². The van der Waals surface area contributed by atoms with Gasteiger partial charge < -0.3 is 9.80 Å². The summed E-state index contributed by atoms with van der Waals surface area (Å²) in [4.78, 5) is 42.4. The largest absolute Gasteiger partial charge is 0.363 e. The fourth-order valence-corrected chi connectivity index (χ4v) is 1.91. The first-order valence-electron chi connectivity index (χ1n) is 6.18. The number of carbonyl (C=O) groups is 3. The Balaban J connectivity index is 2.21. The van der Waals surface area contributed by atoms with Crippen LogP contribution in [0, 0.1) is 0 Å². The molecule has 20 heavy (non-hydrogen) atoms. The summed E-state index contributed by atoms with van der Waals surface area (Å²) in [6, 6.07) is 2.67. The van der Waals surface area contributed by atoms with Gasteiger partial charge in [0.05, 0.1) is 5.56 Å². The van der Waals surface area contributed by atoms with Gasteiger partial charge in [-0.1, -0.05) is 0 Å². The maximum Gasteiger partial charge on any atom is 0.256 e. The summed E-state index contributed by atoms with van der Waals surface area (Å²) in [5.41, 5.74) is 0.352. The number of carbonyl (C=O) groups excluding carboxylic acids is 3. The molecule has 1 aliphatic heterocycles. The highest BCUT2D eigenvalue weighted by Crippen LogP contribution is 2.13. The van der Waals surface area contributed by atoms with Gasteiger partial charge in [-0.25, -0.2) is 4.98 Å². The lowest BCUT2D eigenvalue weighted by Crippen LogP contribution is -2.58. The number of hydrogen-bond donors (Lipinski definition) is 1. The van der Waals surface area contributed by atoms with Crippen LogP contribution in [0.15, 0.2) is 18.3 Å². The van der Waals surface area contributed by atoms with Gasteiger partial charge in [0.25, 0.3) is 5.91 Å². The Labute approximate surface area is 116 Å². The lowest BCUT2D eigenvalue weighted by atomic mass is 10.1. The van der Waals surface area contributed by atoms with Crippen molar-refractivity contribution in [2.75, 3.05) is 25.5 Å². The summed E-state index contributed by atoms with van der Waals surface area (Å²) in [6.45, 7) is 1.46. The molecule has 1 fully saturated rings. The zero-order valence-electron chi connectivity index (χ0n) is 11.6. The maximum absolute atomic E-state index is 12.3. The third-order valence-corrected chi connectivity index (χ3v) is 3.14. The second-order valence-corrected chi connectivity index (χ2v) is 4.82. The summed E-state index contributed by atoms with van der Waals surface area (Å²) in [7, 11) is 3.69. The van der Waals surface area contributed by atoms with E-state index < -0.39 is 17.9 Å². The van der Waals surface area contributed by atoms with E-state index in [9.17, 15) is 14.4 Å². The number of nitrogens with one attached hydrogen (secondary N) is 1. The van der Waals surface area contributed by atoms with Crippen LogP contribution in [0.4, 0.5) is 5.82 Å². The number of amides is 3. The quantitative estimate of drug-likeness (QED) is 0.746. The minimum atomic E-state index is -0.672. The van der Waals surface area contributed by atoms with E-state index in [0.717, 1.165) is 5.82 Å². The van der Waals surface area contributed by atoms with Gasteiger partial charge in [-0.3, -0.25) is 19.7 Å². The van der Waals surface area contributed by atoms with Crippen LogP contribution >= 0.6 is 0 Å². The highest BCUT2D eigenvalue weighted by atomic mass is 16.2. The standard InChI is InChI=1S/C13H16N4O3/c1-8-12(19)15-11(18)7-17(8)13(20)9-4-5-10(14-6-9)16(2)3/h4-6,8H,7H2,1-3H3,(H,15,18,19). The minimum absolute atomic E-state index is 0.124. The molecule has 1 aromatic rings. The Morgan fingerprint density at radius 3 is 2.65 bits per heavy atom. The predicted molar refractivity (Wildman–Crippen MR) is 72.2 cm³/mol. The average molecular weight is 276 g/mol. The lowest BCUT2D eigenvalue weighted by Gasteiger charge is -2.31. The molecule has 1 aromatic heterocycles. The van der Waals surface area contributed by atoms with E-state index in [-0.39, 0.29) is 12.5 Å². The number of nitrogens with zero attached hydrogens (tertiary/aromatic N) is 3. The molecule has 1 N–H and O–H groups in total. The third kappa shape index (κ3) is 2.61. The Kier molecular flexibility index (Phi) is 3.69. The molecule has 7 nitrogen and oxygen atoms in total. The zero-order chi connectivity index (χ0) is 14.9. The number of rotatable bonds is 2. The molecule has 7 heteroatoms. The highest BCUT2D eigenvalue weighted by Gasteiger charge is 2.34. The molecule has 1 aliphatic rings. The molecule has 1 unspecified atom stereocenters. The van der Waals surface area contributed by atoms with Crippen molar-refractivity contribution in [1.82, 2.24) is 15.2 Å². The molecule has 2 rings (SSSR count). The third-order valence-electron chi connectivity index (χ3n) is 3.14. The molecular weight excluding hydrogens is 260 g/mol. The minimum Gasteiger partial charge on any atom is -0.363 e. The van der Waals surface area contributed by atoms with Crippen LogP contribution in [-0.2, 0) is 9.59 Å². The van der Waals surface area contributed by atoms with Crippen LogP contribution in [0.25, 0.3) is 0 Å². The Morgan fingerprint density at radius 1 is 1.40 bits per heavy atom. The Bertz CT molecular complexity index is 553. The fraction of sp³-hybridized carbons (Fsp3) is 0.385. The maximum atomic E-state index is 12.3. The van der Waals surface area contributed by atoms with E-state index in [1.54, 1.807) is 19.1 Å². The van der Waals surface area contributed by atoms with Gasteiger partial charge >= 0.3 is 0 Å². The van der Waals surface area contributed by atoms with E-state index in [4.69, 9.17) is 0 Å². The molecular formula is C13H16N4O3. The Morgan fingerprint density at radius 2 is 2.10 bits per heavy atom. The molecule has 3 amide bonds. The molecule has 106 valence electrons. The summed E-state index contributed by atoms with van der Waals surface area (Å²) in [6.07, 6.45) is 1.45. The monoisotopic (exact) mass is 276 g/mol. The molecule has 0 bridgehead atoms. The van der Waals surface area contributed by atoms with Crippen LogP contribution < -0.4 is 10.2 Å². The first-order valence-corrected chi connectivity index (χ1v) is 6.18. The van der Waals surface area contributed by atoms with E-state index in [0.29, 0.717) is 5.56 Å². The van der Waals surface area contributed by atoms with Gasteiger partial charge in [0, 0.05) is 20.3 Å². The first-order chi connectivity index (χ1) is 9.40. The topological polar surface area (TPSA) is 82.6 Å². The van der Waals surface area contributed by atoms with Gasteiger partial charge in [-0.2, -0.15) is 0 Å². The van der Waals surface area contributed by atoms with Crippen LogP contribution in [-0.4, -0.2) is 54.3 Å². The average Bonchev–Trinajstić information content (AvgIpc) is 2.42. The zero-order valence-corrected chi connectivity index (χ0v) is 11.6. The van der Waals surface area contributed by atoms with Gasteiger partial charge in [-0.15, -0.1) is 0 Å². The van der Waals surface area contributed by atoms with Crippen molar-refractivity contribution >= 4 is 23.5 Å². The molecule has 0 aromatic carbocycles. The molecule has 2 heterocycles. The number of pyridine rings is 1. The summed E-state index contributed by atoms with van der Waals surface area (Å²) < 4.78 is 0. The van der Waals surface area contributed by atoms with E-state index in [2.05, 4.69) is 10.3 Å². The molecule has 1 atom stereocenters. The second-order valence-electron chi connectivity index (χ2n) is 4.82. The second kappa shape index (κ2) is 5.28. The normalized spacial score (nSPS) is 18.8. The van der Waals surface area contributed by atoms with Crippen molar-refractivity contribution in [1.29, 1.82) is 0 Å². The van der Waals surface area contributed by atoms with Crippen LogP contribution in [0.5, 0.6) is 0 Å². The predicted octanol–water partition coefficient (Wildman–Crippen LogP) is -0.365. The van der Waals surface area contributed by atoms with Crippen molar-refractivity contribution in [3.8, 4) is 0 Å². The van der Waals surface area contributed by atoms with Crippen molar-refractivity contribution in [3.05, 3.63) is 23.9 Å². The summed E-state index contributed by atoms with van der Waals surface area (Å²) in [5, 5.41) is 2.20. The molecule has 0 saturated carbocycles. The number of hydrogen-bond acceptors (Lipinski definition) is 5. The fourth-order valence-electron chi connectivity index (χ4n) is 1.91. The lowest BCUT2D eigenvalue weighted by molar-refractivity contribution is -0.138. The summed E-state index contributed by atoms with van der Waals surface area (Å²) in [5.74, 6) is -0.590.